The lowest BCUT2D eigenvalue weighted by Gasteiger charge is -2.14. The predicted octanol–water partition coefficient (Wildman–Crippen LogP) is 5.97. The van der Waals surface area contributed by atoms with Crippen LogP contribution in [0.25, 0.3) is 32.7 Å². The maximum absolute atomic E-state index is 12.0. The highest BCUT2D eigenvalue weighted by Crippen LogP contribution is 2.35. The minimum atomic E-state index is -0.445. The quantitative estimate of drug-likeness (QED) is 0.298. The van der Waals surface area contributed by atoms with Gasteiger partial charge in [0.2, 0.25) is 0 Å². The highest BCUT2D eigenvalue weighted by Gasteiger charge is 2.21. The van der Waals surface area contributed by atoms with Gasteiger partial charge in [0.15, 0.2) is 0 Å². The van der Waals surface area contributed by atoms with Crippen LogP contribution in [-0.4, -0.2) is 18.9 Å². The fourth-order valence-electron chi connectivity index (χ4n) is 4.15. The Morgan fingerprint density at radius 3 is 2.13 bits per heavy atom. The van der Waals surface area contributed by atoms with Crippen molar-refractivity contribution in [1.29, 1.82) is 0 Å². The van der Waals surface area contributed by atoms with Gasteiger partial charge in [-0.25, -0.2) is 0 Å². The third kappa shape index (κ3) is 3.97. The molecular weight excluding hydrogens is 372 g/mol. The van der Waals surface area contributed by atoms with E-state index in [2.05, 4.69) is 66.7 Å². The second-order valence-electron chi connectivity index (χ2n) is 7.72. The number of ether oxygens (including phenoxy) is 1. The lowest BCUT2D eigenvalue weighted by atomic mass is 9.91. The summed E-state index contributed by atoms with van der Waals surface area (Å²) < 4.78 is 4.88. The lowest BCUT2D eigenvalue weighted by Crippen LogP contribution is -2.21. The molecule has 4 aromatic rings. The van der Waals surface area contributed by atoms with Crippen LogP contribution >= 0.6 is 0 Å². The average Bonchev–Trinajstić information content (AvgIpc) is 2.78. The predicted molar refractivity (Wildman–Crippen MR) is 121 cm³/mol. The summed E-state index contributed by atoms with van der Waals surface area (Å²) in [6, 6.07) is 27.4. The monoisotopic (exact) mass is 396 g/mol. The molecule has 0 radical (unpaired) electrons. The number of carbonyl (C=O) groups is 2. The van der Waals surface area contributed by atoms with Crippen LogP contribution in [0.15, 0.2) is 78.9 Å². The molecule has 0 saturated heterocycles. The molecule has 0 heterocycles. The number of benzene rings is 4. The smallest absolute Gasteiger partial charge is 0.309 e. The van der Waals surface area contributed by atoms with E-state index in [1.165, 1.54) is 41.1 Å². The summed E-state index contributed by atoms with van der Waals surface area (Å²) in [5.41, 5.74) is 3.33. The molecule has 4 aromatic carbocycles. The summed E-state index contributed by atoms with van der Waals surface area (Å²) >= 11 is 0. The molecule has 0 aromatic heterocycles. The first-order valence-corrected chi connectivity index (χ1v) is 10.1. The van der Waals surface area contributed by atoms with Crippen LogP contribution in [0.5, 0.6) is 0 Å². The van der Waals surface area contributed by atoms with Crippen LogP contribution in [-0.2, 0) is 20.7 Å². The van der Waals surface area contributed by atoms with Gasteiger partial charge in [0.25, 0.3) is 0 Å². The van der Waals surface area contributed by atoms with Crippen molar-refractivity contribution in [2.75, 3.05) is 7.11 Å². The zero-order chi connectivity index (χ0) is 21.1. The van der Waals surface area contributed by atoms with E-state index >= 15 is 0 Å². The van der Waals surface area contributed by atoms with Crippen molar-refractivity contribution in [3.8, 4) is 11.1 Å². The van der Waals surface area contributed by atoms with Crippen LogP contribution < -0.4 is 0 Å². The van der Waals surface area contributed by atoms with Crippen molar-refractivity contribution in [1.82, 2.24) is 0 Å². The fourth-order valence-corrected chi connectivity index (χ4v) is 4.15. The van der Waals surface area contributed by atoms with Gasteiger partial charge < -0.3 is 9.53 Å². The molecule has 150 valence electrons. The molecule has 0 fully saturated rings. The van der Waals surface area contributed by atoms with E-state index < -0.39 is 5.92 Å². The van der Waals surface area contributed by atoms with E-state index in [0.717, 1.165) is 11.1 Å². The van der Waals surface area contributed by atoms with E-state index in [4.69, 9.17) is 4.74 Å². The zero-order valence-electron chi connectivity index (χ0n) is 17.2. The van der Waals surface area contributed by atoms with Crippen LogP contribution in [0.1, 0.15) is 18.9 Å². The van der Waals surface area contributed by atoms with Crippen molar-refractivity contribution in [2.45, 2.75) is 19.8 Å². The molecule has 1 unspecified atom stereocenters. The molecule has 0 amide bonds. The molecule has 3 nitrogen and oxygen atoms in total. The molecular formula is C27H24O3. The van der Waals surface area contributed by atoms with E-state index in [9.17, 15) is 9.59 Å². The Bertz CT molecular complexity index is 1220. The van der Waals surface area contributed by atoms with Crippen molar-refractivity contribution in [2.24, 2.45) is 5.92 Å². The first-order chi connectivity index (χ1) is 14.6. The number of carbonyl (C=O) groups excluding carboxylic acids is 2. The molecule has 0 aliphatic rings. The molecule has 0 saturated carbocycles. The Morgan fingerprint density at radius 1 is 0.833 bits per heavy atom. The highest BCUT2D eigenvalue weighted by atomic mass is 16.5. The van der Waals surface area contributed by atoms with E-state index in [0.29, 0.717) is 6.42 Å². The summed E-state index contributed by atoms with van der Waals surface area (Å²) in [7, 11) is 1.36. The Morgan fingerprint density at radius 2 is 1.47 bits per heavy atom. The minimum absolute atomic E-state index is 0.00958. The fraction of sp³-hybridized carbons (Fsp3) is 0.185. The molecule has 0 N–H and O–H groups in total. The summed E-state index contributed by atoms with van der Waals surface area (Å²) in [6.07, 6.45) is 0.689. The second kappa shape index (κ2) is 8.50. The third-order valence-electron chi connectivity index (χ3n) is 5.58. The normalized spacial score (nSPS) is 12.1. The number of Topliss-reactive ketones (excluding diaryl/α,β-unsaturated/α-hetero) is 1. The lowest BCUT2D eigenvalue weighted by molar-refractivity contribution is -0.147. The van der Waals surface area contributed by atoms with Gasteiger partial charge in [0.05, 0.1) is 13.0 Å². The van der Waals surface area contributed by atoms with Gasteiger partial charge in [-0.05, 0) is 57.6 Å². The van der Waals surface area contributed by atoms with Crippen LogP contribution in [0.2, 0.25) is 0 Å². The second-order valence-corrected chi connectivity index (χ2v) is 7.72. The molecule has 4 rings (SSSR count). The average molecular weight is 396 g/mol. The van der Waals surface area contributed by atoms with Crippen molar-refractivity contribution in [3.63, 3.8) is 0 Å². The van der Waals surface area contributed by atoms with Crippen LogP contribution in [0.4, 0.5) is 0 Å². The summed E-state index contributed by atoms with van der Waals surface area (Å²) in [4.78, 5) is 23.6. The number of hydrogen-bond acceptors (Lipinski definition) is 3. The number of ketones is 1. The largest absolute Gasteiger partial charge is 0.469 e. The van der Waals surface area contributed by atoms with Crippen molar-refractivity contribution < 1.29 is 14.3 Å². The molecule has 0 spiro atoms. The highest BCUT2D eigenvalue weighted by molar-refractivity contribution is 6.13. The number of methoxy groups -OCH3 is 1. The number of rotatable bonds is 6. The SMILES string of the molecule is COC(=O)C(CC(C)=O)Cc1ccc(-c2cc3ccccc3c3ccccc23)cc1. The summed E-state index contributed by atoms with van der Waals surface area (Å²) in [5, 5.41) is 4.91. The Balaban J connectivity index is 1.71. The van der Waals surface area contributed by atoms with Gasteiger partial charge in [-0.15, -0.1) is 0 Å². The first-order valence-electron chi connectivity index (χ1n) is 10.1. The van der Waals surface area contributed by atoms with Crippen LogP contribution in [0, 0.1) is 5.92 Å². The Hall–Kier alpha value is -3.46. The third-order valence-corrected chi connectivity index (χ3v) is 5.58. The topological polar surface area (TPSA) is 43.4 Å². The molecule has 0 aliphatic heterocycles. The summed E-state index contributed by atoms with van der Waals surface area (Å²) in [6.45, 7) is 1.50. The van der Waals surface area contributed by atoms with Gasteiger partial charge in [-0.1, -0.05) is 72.8 Å². The van der Waals surface area contributed by atoms with Gasteiger partial charge in [0, 0.05) is 6.42 Å². The van der Waals surface area contributed by atoms with Gasteiger partial charge in [-0.2, -0.15) is 0 Å². The molecule has 0 bridgehead atoms. The van der Waals surface area contributed by atoms with Crippen LogP contribution in [0.3, 0.4) is 0 Å². The van der Waals surface area contributed by atoms with E-state index in [1.807, 2.05) is 12.1 Å². The van der Waals surface area contributed by atoms with Gasteiger partial charge >= 0.3 is 5.97 Å². The van der Waals surface area contributed by atoms with E-state index in [-0.39, 0.29) is 18.2 Å². The molecule has 30 heavy (non-hydrogen) atoms. The van der Waals surface area contributed by atoms with Gasteiger partial charge in [0.1, 0.15) is 5.78 Å². The number of esters is 1. The standard InChI is InChI=1S/C27H24O3/c1-18(28)15-22(27(29)30-2)16-19-11-13-20(14-12-19)26-17-21-7-3-4-8-23(21)24-9-5-6-10-25(24)26/h3-14,17,22H,15-16H2,1-2H3. The molecule has 3 heteroatoms. The number of fused-ring (bicyclic) bond motifs is 3. The maximum atomic E-state index is 12.0. The number of hydrogen-bond donors (Lipinski definition) is 0. The van der Waals surface area contributed by atoms with Crippen molar-refractivity contribution in [3.05, 3.63) is 84.4 Å². The van der Waals surface area contributed by atoms with E-state index in [1.54, 1.807) is 0 Å². The minimum Gasteiger partial charge on any atom is -0.469 e. The van der Waals surface area contributed by atoms with Crippen molar-refractivity contribution >= 4 is 33.3 Å². The maximum Gasteiger partial charge on any atom is 0.309 e. The molecule has 1 atom stereocenters. The van der Waals surface area contributed by atoms with Gasteiger partial charge in [-0.3, -0.25) is 4.79 Å². The first kappa shape index (κ1) is 19.8. The summed E-state index contributed by atoms with van der Waals surface area (Å²) in [5.74, 6) is -0.792. The Labute approximate surface area is 176 Å². The zero-order valence-corrected chi connectivity index (χ0v) is 17.2. The Kier molecular flexibility index (Phi) is 5.62. The molecule has 0 aliphatic carbocycles.